The van der Waals surface area contributed by atoms with Crippen LogP contribution in [-0.4, -0.2) is 11.9 Å². The van der Waals surface area contributed by atoms with E-state index in [1.54, 1.807) is 6.07 Å². The van der Waals surface area contributed by atoms with Crippen LogP contribution in [-0.2, 0) is 4.74 Å². The smallest absolute Gasteiger partial charge is 0.347 e. The Balaban J connectivity index is 2.15. The van der Waals surface area contributed by atoms with E-state index < -0.39 is 11.9 Å². The van der Waals surface area contributed by atoms with E-state index in [9.17, 15) is 9.59 Å². The number of esters is 2. The van der Waals surface area contributed by atoms with Gasteiger partial charge in [-0.3, -0.25) is 0 Å². The van der Waals surface area contributed by atoms with Gasteiger partial charge < -0.3 is 4.74 Å². The van der Waals surface area contributed by atoms with Gasteiger partial charge >= 0.3 is 11.9 Å². The predicted molar refractivity (Wildman–Crippen MR) is 79.1 cm³/mol. The number of rotatable bonds is 1. The Morgan fingerprint density at radius 2 is 1.33 bits per heavy atom. The van der Waals surface area contributed by atoms with E-state index in [1.807, 2.05) is 54.6 Å². The van der Waals surface area contributed by atoms with Crippen molar-refractivity contribution >= 4 is 22.7 Å². The molecule has 0 amide bonds. The molecule has 100 valence electrons. The third-order valence-electron chi connectivity index (χ3n) is 3.74. The van der Waals surface area contributed by atoms with Crippen LogP contribution < -0.4 is 0 Å². The molecule has 0 unspecified atom stereocenters. The Bertz CT molecular complexity index is 895. The van der Waals surface area contributed by atoms with Crippen LogP contribution in [0.4, 0.5) is 0 Å². The average Bonchev–Trinajstić information content (AvgIpc) is 2.82. The van der Waals surface area contributed by atoms with Gasteiger partial charge in [0.15, 0.2) is 0 Å². The van der Waals surface area contributed by atoms with Crippen LogP contribution in [0.2, 0.25) is 0 Å². The second-order valence-corrected chi connectivity index (χ2v) is 4.94. The van der Waals surface area contributed by atoms with Crippen LogP contribution in [0, 0.1) is 0 Å². The zero-order valence-electron chi connectivity index (χ0n) is 11.0. The lowest BCUT2D eigenvalue weighted by Gasteiger charge is -2.09. The maximum Gasteiger partial charge on any atom is 0.347 e. The van der Waals surface area contributed by atoms with Crippen molar-refractivity contribution in [3.05, 3.63) is 71.8 Å². The summed E-state index contributed by atoms with van der Waals surface area (Å²) in [5.74, 6) is -1.14. The molecule has 0 atom stereocenters. The monoisotopic (exact) mass is 274 g/mol. The molecule has 0 radical (unpaired) electrons. The van der Waals surface area contributed by atoms with Gasteiger partial charge in [0.25, 0.3) is 0 Å². The van der Waals surface area contributed by atoms with E-state index in [-0.39, 0.29) is 0 Å². The molecule has 0 aromatic heterocycles. The van der Waals surface area contributed by atoms with E-state index in [0.29, 0.717) is 11.1 Å². The largest absolute Gasteiger partial charge is 0.386 e. The minimum atomic E-state index is -0.571. The molecule has 3 aromatic carbocycles. The summed E-state index contributed by atoms with van der Waals surface area (Å²) in [5.41, 5.74) is 2.65. The molecule has 1 aliphatic rings. The van der Waals surface area contributed by atoms with Crippen LogP contribution >= 0.6 is 0 Å². The van der Waals surface area contributed by atoms with E-state index in [4.69, 9.17) is 4.74 Å². The molecule has 3 nitrogen and oxygen atoms in total. The molecule has 0 fully saturated rings. The van der Waals surface area contributed by atoms with Crippen LogP contribution in [0.25, 0.3) is 21.9 Å². The summed E-state index contributed by atoms with van der Waals surface area (Å²) in [7, 11) is 0. The fourth-order valence-corrected chi connectivity index (χ4v) is 2.80. The number of carbonyl (C=O) groups excluding carboxylic acids is 2. The van der Waals surface area contributed by atoms with Crippen molar-refractivity contribution in [2.24, 2.45) is 0 Å². The van der Waals surface area contributed by atoms with Crippen molar-refractivity contribution in [3.63, 3.8) is 0 Å². The van der Waals surface area contributed by atoms with Gasteiger partial charge in [-0.05, 0) is 28.0 Å². The SMILES string of the molecule is O=C1OC(=O)c2c1cc(-c1ccccc1)c1ccccc21. The number of benzene rings is 3. The first-order valence-electron chi connectivity index (χ1n) is 6.63. The summed E-state index contributed by atoms with van der Waals surface area (Å²) in [5, 5.41) is 1.69. The Labute approximate surface area is 120 Å². The molecule has 3 heteroatoms. The highest BCUT2D eigenvalue weighted by Gasteiger charge is 2.32. The number of hydrogen-bond acceptors (Lipinski definition) is 3. The van der Waals surface area contributed by atoms with Gasteiger partial charge in [0.2, 0.25) is 0 Å². The quantitative estimate of drug-likeness (QED) is 0.500. The topological polar surface area (TPSA) is 43.4 Å². The van der Waals surface area contributed by atoms with E-state index in [2.05, 4.69) is 0 Å². The fourth-order valence-electron chi connectivity index (χ4n) is 2.80. The number of carbonyl (C=O) groups is 2. The zero-order chi connectivity index (χ0) is 14.4. The predicted octanol–water partition coefficient (Wildman–Crippen LogP) is 3.82. The van der Waals surface area contributed by atoms with Crippen LogP contribution in [0.5, 0.6) is 0 Å². The van der Waals surface area contributed by atoms with Crippen molar-refractivity contribution in [3.8, 4) is 11.1 Å². The van der Waals surface area contributed by atoms with Crippen molar-refractivity contribution in [2.75, 3.05) is 0 Å². The fraction of sp³-hybridized carbons (Fsp3) is 0. The second kappa shape index (κ2) is 4.28. The van der Waals surface area contributed by atoms with E-state index in [0.717, 1.165) is 21.9 Å². The molecular weight excluding hydrogens is 264 g/mol. The lowest BCUT2D eigenvalue weighted by atomic mass is 9.92. The Kier molecular flexibility index (Phi) is 2.42. The van der Waals surface area contributed by atoms with Gasteiger partial charge in [-0.15, -0.1) is 0 Å². The van der Waals surface area contributed by atoms with Gasteiger partial charge in [0.1, 0.15) is 0 Å². The van der Waals surface area contributed by atoms with Gasteiger partial charge in [-0.2, -0.15) is 0 Å². The summed E-state index contributed by atoms with van der Waals surface area (Å²) in [6, 6.07) is 19.1. The van der Waals surface area contributed by atoms with Gasteiger partial charge in [-0.1, -0.05) is 54.6 Å². The summed E-state index contributed by atoms with van der Waals surface area (Å²) in [6.45, 7) is 0. The van der Waals surface area contributed by atoms with Crippen LogP contribution in [0.15, 0.2) is 60.7 Å². The first-order chi connectivity index (χ1) is 10.3. The minimum Gasteiger partial charge on any atom is -0.386 e. The normalized spacial score (nSPS) is 13.3. The number of ether oxygens (including phenoxy) is 1. The van der Waals surface area contributed by atoms with Gasteiger partial charge in [0.05, 0.1) is 11.1 Å². The Hall–Kier alpha value is -2.94. The zero-order valence-corrected chi connectivity index (χ0v) is 11.0. The summed E-state index contributed by atoms with van der Waals surface area (Å²) in [6.07, 6.45) is 0. The molecule has 0 spiro atoms. The van der Waals surface area contributed by atoms with Crippen molar-refractivity contribution in [2.45, 2.75) is 0 Å². The third-order valence-corrected chi connectivity index (χ3v) is 3.74. The molecule has 0 N–H and O–H groups in total. The van der Waals surface area contributed by atoms with Crippen LogP contribution in [0.1, 0.15) is 20.7 Å². The standard InChI is InChI=1S/C18H10O3/c19-17-15-10-14(11-6-2-1-3-7-11)12-8-4-5-9-13(12)16(15)18(20)21-17/h1-10H. The number of hydrogen-bond donors (Lipinski definition) is 0. The third kappa shape index (κ3) is 1.68. The molecule has 21 heavy (non-hydrogen) atoms. The van der Waals surface area contributed by atoms with Gasteiger partial charge in [-0.25, -0.2) is 9.59 Å². The highest BCUT2D eigenvalue weighted by atomic mass is 16.6. The Morgan fingerprint density at radius 1 is 0.667 bits per heavy atom. The highest BCUT2D eigenvalue weighted by molar-refractivity contribution is 6.23. The number of cyclic esters (lactones) is 2. The van der Waals surface area contributed by atoms with Gasteiger partial charge in [0, 0.05) is 0 Å². The summed E-state index contributed by atoms with van der Waals surface area (Å²) >= 11 is 0. The summed E-state index contributed by atoms with van der Waals surface area (Å²) < 4.78 is 4.75. The maximum atomic E-state index is 11.9. The van der Waals surface area contributed by atoms with E-state index >= 15 is 0 Å². The maximum absolute atomic E-state index is 11.9. The molecule has 3 aromatic rings. The lowest BCUT2D eigenvalue weighted by molar-refractivity contribution is 0.0444. The minimum absolute atomic E-state index is 0.345. The molecule has 0 saturated heterocycles. The summed E-state index contributed by atoms with van der Waals surface area (Å²) in [4.78, 5) is 23.8. The van der Waals surface area contributed by atoms with Crippen LogP contribution in [0.3, 0.4) is 0 Å². The van der Waals surface area contributed by atoms with Crippen molar-refractivity contribution in [1.29, 1.82) is 0 Å². The second-order valence-electron chi connectivity index (χ2n) is 4.94. The van der Waals surface area contributed by atoms with Crippen molar-refractivity contribution < 1.29 is 14.3 Å². The first kappa shape index (κ1) is 11.9. The molecule has 1 aliphatic heterocycles. The molecular formula is C18H10O3. The molecule has 0 aliphatic carbocycles. The van der Waals surface area contributed by atoms with E-state index in [1.165, 1.54) is 0 Å². The lowest BCUT2D eigenvalue weighted by Crippen LogP contribution is -1.97. The molecule has 4 rings (SSSR count). The highest BCUT2D eigenvalue weighted by Crippen LogP contribution is 2.36. The first-order valence-corrected chi connectivity index (χ1v) is 6.63. The van der Waals surface area contributed by atoms with Crippen molar-refractivity contribution in [1.82, 2.24) is 0 Å². The molecule has 0 saturated carbocycles. The molecule has 0 bridgehead atoms. The molecule has 1 heterocycles. The average molecular weight is 274 g/mol. The number of fused-ring (bicyclic) bond motifs is 3. The Morgan fingerprint density at radius 3 is 2.10 bits per heavy atom.